The largest absolute Gasteiger partial charge is 0.492 e. The van der Waals surface area contributed by atoms with E-state index in [1.807, 2.05) is 70.7 Å². The molecule has 4 aromatic rings. The summed E-state index contributed by atoms with van der Waals surface area (Å²) in [7, 11) is 0.672. The number of rotatable bonds is 9. The van der Waals surface area contributed by atoms with Crippen molar-refractivity contribution < 1.29 is 18.8 Å². The number of ether oxygens (including phenoxy) is 1. The second kappa shape index (κ2) is 10.9. The van der Waals surface area contributed by atoms with Gasteiger partial charge in [-0.25, -0.2) is 9.37 Å². The normalized spacial score (nSPS) is 13.3. The van der Waals surface area contributed by atoms with E-state index >= 15 is 4.39 Å². The lowest BCUT2D eigenvalue weighted by molar-refractivity contribution is 0.0575. The minimum Gasteiger partial charge on any atom is -0.492 e. The number of pyridine rings is 1. The zero-order valence-electron chi connectivity index (χ0n) is 24.0. The molecular weight excluding hydrogens is 516 g/mol. The molecule has 1 atom stereocenters. The summed E-state index contributed by atoms with van der Waals surface area (Å²) in [5, 5.41) is 18.8. The molecule has 0 aliphatic heterocycles. The molecule has 0 fully saturated rings. The number of nitrogens with zero attached hydrogens (tertiary/aromatic N) is 4. The number of aliphatic hydroxyl groups excluding tert-OH is 1. The second-order valence-corrected chi connectivity index (χ2v) is 14.6. The highest BCUT2D eigenvalue weighted by Gasteiger charge is 2.30. The Morgan fingerprint density at radius 1 is 1.21 bits per heavy atom. The molecule has 0 aliphatic rings. The monoisotopic (exact) mass is 555 g/mol. The van der Waals surface area contributed by atoms with Gasteiger partial charge in [-0.3, -0.25) is 4.68 Å². The fourth-order valence-corrected chi connectivity index (χ4v) is 6.06. The van der Waals surface area contributed by atoms with E-state index in [0.29, 0.717) is 24.2 Å². The van der Waals surface area contributed by atoms with E-state index in [-0.39, 0.29) is 17.7 Å². The lowest BCUT2D eigenvalue weighted by atomic mass is 9.85. The fourth-order valence-electron chi connectivity index (χ4n) is 4.80. The molecule has 0 spiro atoms. The van der Waals surface area contributed by atoms with Gasteiger partial charge in [-0.2, -0.15) is 5.10 Å². The van der Waals surface area contributed by atoms with Crippen LogP contribution in [0.15, 0.2) is 36.7 Å². The van der Waals surface area contributed by atoms with Crippen LogP contribution >= 0.6 is 7.14 Å². The minimum atomic E-state index is -3.05. The van der Waals surface area contributed by atoms with Crippen molar-refractivity contribution in [3.8, 4) is 16.9 Å². The maximum absolute atomic E-state index is 15.2. The van der Waals surface area contributed by atoms with E-state index in [2.05, 4.69) is 15.4 Å². The molecule has 1 unspecified atom stereocenters. The average molecular weight is 556 g/mol. The van der Waals surface area contributed by atoms with E-state index in [0.717, 1.165) is 28.2 Å². The Balaban J connectivity index is 1.76. The number of hydrogen-bond acceptors (Lipinski definition) is 6. The fraction of sp³-hybridized carbons (Fsp3) is 0.448. The molecule has 3 aromatic heterocycles. The van der Waals surface area contributed by atoms with Gasteiger partial charge in [-0.1, -0.05) is 20.8 Å². The first-order chi connectivity index (χ1) is 18.2. The zero-order valence-corrected chi connectivity index (χ0v) is 24.9. The third-order valence-electron chi connectivity index (χ3n) is 7.04. The van der Waals surface area contributed by atoms with Gasteiger partial charge in [0, 0.05) is 48.6 Å². The van der Waals surface area contributed by atoms with Crippen molar-refractivity contribution >= 4 is 18.1 Å². The molecule has 8 nitrogen and oxygen atoms in total. The number of hydrogen-bond donors (Lipinski definition) is 2. The summed E-state index contributed by atoms with van der Waals surface area (Å²) in [6, 6.07) is 6.84. The lowest BCUT2D eigenvalue weighted by Gasteiger charge is -2.25. The van der Waals surface area contributed by atoms with Gasteiger partial charge < -0.3 is 24.1 Å². The Morgan fingerprint density at radius 3 is 2.56 bits per heavy atom. The summed E-state index contributed by atoms with van der Waals surface area (Å²) in [6.45, 7) is 11.8. The number of nitrogens with one attached hydrogen (secondary N) is 1. The number of aromatic nitrogens is 4. The second-order valence-electron chi connectivity index (χ2n) is 11.5. The van der Waals surface area contributed by atoms with Crippen LogP contribution in [-0.4, -0.2) is 51.3 Å². The van der Waals surface area contributed by atoms with Gasteiger partial charge in [0.05, 0.1) is 29.5 Å². The third kappa shape index (κ3) is 5.81. The van der Waals surface area contributed by atoms with Gasteiger partial charge in [0.2, 0.25) is 0 Å². The Hall–Kier alpha value is -3.00. The summed E-state index contributed by atoms with van der Waals surface area (Å²) in [4.78, 5) is 4.46. The third-order valence-corrected chi connectivity index (χ3v) is 8.53. The van der Waals surface area contributed by atoms with Gasteiger partial charge in [-0.05, 0) is 57.0 Å². The molecule has 0 bridgehead atoms. The summed E-state index contributed by atoms with van der Waals surface area (Å²) < 4.78 is 38.6. The molecule has 10 heteroatoms. The average Bonchev–Trinajstić information content (AvgIpc) is 3.37. The van der Waals surface area contributed by atoms with Crippen LogP contribution in [-0.2, 0) is 24.6 Å². The first kappa shape index (κ1) is 29.0. The molecule has 4 rings (SSSR count). The molecule has 0 radical (unpaired) electrons. The Kier molecular flexibility index (Phi) is 8.08. The number of benzene rings is 1. The predicted octanol–water partition coefficient (Wildman–Crippen LogP) is 4.85. The van der Waals surface area contributed by atoms with E-state index in [4.69, 9.17) is 4.74 Å². The molecule has 3 heterocycles. The molecule has 0 saturated carbocycles. The SMILES string of the molecule is CNCc1cnc2ccc(-c3ccc(F)c(P(C)(C)=O)c3OCCc3c(C(O)C(C)(C)C)nn(C)c3C)cn12. The first-order valence-electron chi connectivity index (χ1n) is 13.1. The first-order valence-corrected chi connectivity index (χ1v) is 15.7. The Morgan fingerprint density at radius 2 is 1.92 bits per heavy atom. The number of halogens is 1. The molecule has 0 amide bonds. The summed E-state index contributed by atoms with van der Waals surface area (Å²) in [5.41, 5.74) is 5.26. The van der Waals surface area contributed by atoms with Crippen molar-refractivity contribution in [1.29, 1.82) is 0 Å². The topological polar surface area (TPSA) is 93.7 Å². The van der Waals surface area contributed by atoms with Crippen LogP contribution in [0, 0.1) is 18.2 Å². The maximum atomic E-state index is 15.2. The van der Waals surface area contributed by atoms with E-state index in [1.54, 1.807) is 24.1 Å². The van der Waals surface area contributed by atoms with Crippen molar-refractivity contribution in [2.75, 3.05) is 27.0 Å². The smallest absolute Gasteiger partial charge is 0.140 e. The summed E-state index contributed by atoms with van der Waals surface area (Å²) in [5.74, 6) is -0.277. The Bertz CT molecular complexity index is 1550. The summed E-state index contributed by atoms with van der Waals surface area (Å²) in [6.07, 6.45) is 3.45. The van der Waals surface area contributed by atoms with Crippen LogP contribution in [0.3, 0.4) is 0 Å². The molecular formula is C29H39FN5O3P. The van der Waals surface area contributed by atoms with Crippen molar-refractivity contribution in [1.82, 2.24) is 24.5 Å². The molecule has 2 N–H and O–H groups in total. The van der Waals surface area contributed by atoms with Crippen LogP contribution in [0.4, 0.5) is 4.39 Å². The zero-order chi connectivity index (χ0) is 28.7. The van der Waals surface area contributed by atoms with Crippen LogP contribution < -0.4 is 15.4 Å². The van der Waals surface area contributed by atoms with Crippen LogP contribution in [0.2, 0.25) is 0 Å². The Labute approximate surface area is 229 Å². The molecule has 39 heavy (non-hydrogen) atoms. The van der Waals surface area contributed by atoms with Crippen LogP contribution in [0.5, 0.6) is 5.75 Å². The molecule has 0 saturated heterocycles. The minimum absolute atomic E-state index is 0.0963. The van der Waals surface area contributed by atoms with Crippen molar-refractivity contribution in [3.05, 3.63) is 65.1 Å². The van der Waals surface area contributed by atoms with Crippen molar-refractivity contribution in [3.63, 3.8) is 0 Å². The van der Waals surface area contributed by atoms with Gasteiger partial charge >= 0.3 is 0 Å². The highest BCUT2D eigenvalue weighted by molar-refractivity contribution is 7.70. The predicted molar refractivity (Wildman–Crippen MR) is 154 cm³/mol. The maximum Gasteiger partial charge on any atom is 0.140 e. The van der Waals surface area contributed by atoms with Crippen LogP contribution in [0.25, 0.3) is 16.8 Å². The van der Waals surface area contributed by atoms with Gasteiger partial charge in [-0.15, -0.1) is 0 Å². The standard InChI is InChI=1S/C29H39FN5O3P/c1-18-21(25(33-34(18)6)28(36)29(2,3)4)13-14-38-26-22(10-11-23(30)27(26)39(7,8)37)19-9-12-24-32-16-20(15-31-5)35(24)17-19/h9-12,16-17,28,31,36H,13-15H2,1-8H3. The molecule has 1 aromatic carbocycles. The lowest BCUT2D eigenvalue weighted by Crippen LogP contribution is -2.20. The number of aryl methyl sites for hydroxylation is 1. The number of fused-ring (bicyclic) bond motifs is 1. The number of aliphatic hydroxyl groups is 1. The molecule has 210 valence electrons. The molecule has 0 aliphatic carbocycles. The van der Waals surface area contributed by atoms with Gasteiger partial charge in [0.15, 0.2) is 0 Å². The van der Waals surface area contributed by atoms with Gasteiger partial charge in [0.1, 0.15) is 30.5 Å². The van der Waals surface area contributed by atoms with Gasteiger partial charge in [0.25, 0.3) is 0 Å². The van der Waals surface area contributed by atoms with E-state index in [1.165, 1.54) is 6.07 Å². The quantitative estimate of drug-likeness (QED) is 0.287. The van der Waals surface area contributed by atoms with Crippen molar-refractivity contribution in [2.45, 2.75) is 46.8 Å². The summed E-state index contributed by atoms with van der Waals surface area (Å²) >= 11 is 0. The highest BCUT2D eigenvalue weighted by atomic mass is 31.2. The van der Waals surface area contributed by atoms with Crippen molar-refractivity contribution in [2.24, 2.45) is 12.5 Å². The van der Waals surface area contributed by atoms with E-state index < -0.39 is 24.5 Å². The number of imidazole rings is 1. The van der Waals surface area contributed by atoms with Crippen LogP contribution in [0.1, 0.15) is 49.5 Å². The van der Waals surface area contributed by atoms with E-state index in [9.17, 15) is 9.67 Å². The highest BCUT2D eigenvalue weighted by Crippen LogP contribution is 2.44.